The van der Waals surface area contributed by atoms with Crippen molar-refractivity contribution in [2.75, 3.05) is 26.2 Å². The van der Waals surface area contributed by atoms with Crippen molar-refractivity contribution < 1.29 is 9.53 Å². The standard InChI is InChI=1S/C17H26N2O2.ClH/c1-17(8-10-18-11-9-17)14-19-16(20)7-12-21-13-15-5-3-2-4-6-15;/h2-6,18H,7-14H2,1H3,(H,19,20);1H. The van der Waals surface area contributed by atoms with Gasteiger partial charge in [-0.25, -0.2) is 0 Å². The number of carbonyl (C=O) groups excluding carboxylic acids is 1. The quantitative estimate of drug-likeness (QED) is 0.757. The molecule has 0 radical (unpaired) electrons. The van der Waals surface area contributed by atoms with Gasteiger partial charge in [0.1, 0.15) is 0 Å². The molecule has 0 atom stereocenters. The molecule has 5 heteroatoms. The maximum Gasteiger partial charge on any atom is 0.222 e. The van der Waals surface area contributed by atoms with Gasteiger partial charge < -0.3 is 15.4 Å². The predicted octanol–water partition coefficient (Wildman–Crippen LogP) is 2.52. The van der Waals surface area contributed by atoms with E-state index in [4.69, 9.17) is 4.74 Å². The summed E-state index contributed by atoms with van der Waals surface area (Å²) in [6, 6.07) is 10.0. The molecule has 1 amide bonds. The molecule has 0 unspecified atom stereocenters. The van der Waals surface area contributed by atoms with E-state index in [1.54, 1.807) is 0 Å². The lowest BCUT2D eigenvalue weighted by atomic mass is 9.81. The van der Waals surface area contributed by atoms with E-state index in [1.165, 1.54) is 0 Å². The summed E-state index contributed by atoms with van der Waals surface area (Å²) in [5, 5.41) is 6.40. The highest BCUT2D eigenvalue weighted by atomic mass is 35.5. The maximum atomic E-state index is 11.8. The Morgan fingerprint density at radius 3 is 2.64 bits per heavy atom. The third-order valence-corrected chi connectivity index (χ3v) is 4.11. The summed E-state index contributed by atoms with van der Waals surface area (Å²) in [5.41, 5.74) is 1.38. The number of hydrogen-bond acceptors (Lipinski definition) is 3. The molecule has 1 heterocycles. The number of nitrogens with one attached hydrogen (secondary N) is 2. The lowest BCUT2D eigenvalue weighted by Crippen LogP contribution is -2.43. The molecule has 0 saturated carbocycles. The first-order valence-corrected chi connectivity index (χ1v) is 7.77. The molecular formula is C17H27ClN2O2. The van der Waals surface area contributed by atoms with Crippen LogP contribution in [0.15, 0.2) is 30.3 Å². The third-order valence-electron chi connectivity index (χ3n) is 4.11. The van der Waals surface area contributed by atoms with Gasteiger partial charge in [-0.05, 0) is 36.9 Å². The van der Waals surface area contributed by atoms with E-state index in [-0.39, 0.29) is 23.7 Å². The molecule has 0 spiro atoms. The van der Waals surface area contributed by atoms with E-state index in [0.29, 0.717) is 19.6 Å². The molecule has 1 aliphatic rings. The third kappa shape index (κ3) is 6.77. The molecule has 1 fully saturated rings. The molecule has 0 aliphatic carbocycles. The normalized spacial score (nSPS) is 16.6. The second-order valence-electron chi connectivity index (χ2n) is 6.13. The predicted molar refractivity (Wildman–Crippen MR) is 91.2 cm³/mol. The van der Waals surface area contributed by atoms with E-state index in [0.717, 1.165) is 38.0 Å². The van der Waals surface area contributed by atoms with Crippen LogP contribution in [-0.2, 0) is 16.1 Å². The molecule has 1 saturated heterocycles. The Bertz CT molecular complexity index is 434. The van der Waals surface area contributed by atoms with Gasteiger partial charge in [-0.15, -0.1) is 12.4 Å². The Morgan fingerprint density at radius 2 is 1.95 bits per heavy atom. The van der Waals surface area contributed by atoms with E-state index in [2.05, 4.69) is 17.6 Å². The second-order valence-corrected chi connectivity index (χ2v) is 6.13. The molecule has 2 N–H and O–H groups in total. The molecule has 4 nitrogen and oxygen atoms in total. The van der Waals surface area contributed by atoms with Gasteiger partial charge in [0, 0.05) is 13.0 Å². The minimum atomic E-state index is 0. The van der Waals surface area contributed by atoms with Crippen LogP contribution in [0.25, 0.3) is 0 Å². The SMILES string of the molecule is CC1(CNC(=O)CCOCc2ccccc2)CCNCC1.Cl. The minimum absolute atomic E-state index is 0. The van der Waals surface area contributed by atoms with Crippen LogP contribution in [0.5, 0.6) is 0 Å². The molecule has 0 aromatic heterocycles. The van der Waals surface area contributed by atoms with Crippen molar-refractivity contribution in [3.8, 4) is 0 Å². The first-order valence-electron chi connectivity index (χ1n) is 7.77. The van der Waals surface area contributed by atoms with Crippen LogP contribution < -0.4 is 10.6 Å². The zero-order valence-electron chi connectivity index (χ0n) is 13.3. The highest BCUT2D eigenvalue weighted by Gasteiger charge is 2.26. The van der Waals surface area contributed by atoms with Crippen molar-refractivity contribution in [2.24, 2.45) is 5.41 Å². The van der Waals surface area contributed by atoms with Gasteiger partial charge in [0.25, 0.3) is 0 Å². The summed E-state index contributed by atoms with van der Waals surface area (Å²) in [4.78, 5) is 11.8. The number of amides is 1. The van der Waals surface area contributed by atoms with Crippen LogP contribution in [-0.4, -0.2) is 32.1 Å². The van der Waals surface area contributed by atoms with Crippen molar-refractivity contribution in [3.63, 3.8) is 0 Å². The first-order chi connectivity index (χ1) is 10.2. The molecule has 2 rings (SSSR count). The molecule has 1 aromatic rings. The molecule has 0 bridgehead atoms. The lowest BCUT2D eigenvalue weighted by Gasteiger charge is -2.34. The smallest absolute Gasteiger partial charge is 0.222 e. The number of rotatable bonds is 7. The summed E-state index contributed by atoms with van der Waals surface area (Å²) in [5.74, 6) is 0.0859. The largest absolute Gasteiger partial charge is 0.376 e. The summed E-state index contributed by atoms with van der Waals surface area (Å²) in [6.45, 7) is 6.15. The van der Waals surface area contributed by atoms with Gasteiger partial charge in [-0.2, -0.15) is 0 Å². The Hall–Kier alpha value is -1.10. The van der Waals surface area contributed by atoms with Gasteiger partial charge in [0.2, 0.25) is 5.91 Å². The Labute approximate surface area is 139 Å². The second kappa shape index (κ2) is 9.82. The van der Waals surface area contributed by atoms with Crippen molar-refractivity contribution in [3.05, 3.63) is 35.9 Å². The van der Waals surface area contributed by atoms with Gasteiger partial charge in [0.15, 0.2) is 0 Å². The van der Waals surface area contributed by atoms with Crippen LogP contribution in [0, 0.1) is 5.41 Å². The molecule has 1 aliphatic heterocycles. The zero-order valence-corrected chi connectivity index (χ0v) is 14.1. The Balaban J connectivity index is 0.00000242. The van der Waals surface area contributed by atoms with Crippen LogP contribution >= 0.6 is 12.4 Å². The number of benzene rings is 1. The average molecular weight is 327 g/mol. The summed E-state index contributed by atoms with van der Waals surface area (Å²) >= 11 is 0. The van der Waals surface area contributed by atoms with Gasteiger partial charge in [-0.1, -0.05) is 37.3 Å². The molecule has 22 heavy (non-hydrogen) atoms. The fourth-order valence-electron chi connectivity index (χ4n) is 2.54. The van der Waals surface area contributed by atoms with Crippen LogP contribution in [0.3, 0.4) is 0 Å². The first kappa shape index (κ1) is 18.9. The summed E-state index contributed by atoms with van der Waals surface area (Å²) in [7, 11) is 0. The van der Waals surface area contributed by atoms with Gasteiger partial charge in [0.05, 0.1) is 13.2 Å². The Morgan fingerprint density at radius 1 is 1.27 bits per heavy atom. The average Bonchev–Trinajstić information content (AvgIpc) is 2.51. The molecule has 1 aromatic carbocycles. The highest BCUT2D eigenvalue weighted by Crippen LogP contribution is 2.26. The van der Waals surface area contributed by atoms with Crippen LogP contribution in [0.2, 0.25) is 0 Å². The molecular weight excluding hydrogens is 300 g/mol. The van der Waals surface area contributed by atoms with E-state index in [1.807, 2.05) is 30.3 Å². The number of halogens is 1. The van der Waals surface area contributed by atoms with Gasteiger partial charge in [-0.3, -0.25) is 4.79 Å². The van der Waals surface area contributed by atoms with Gasteiger partial charge >= 0.3 is 0 Å². The fourth-order valence-corrected chi connectivity index (χ4v) is 2.54. The highest BCUT2D eigenvalue weighted by molar-refractivity contribution is 5.85. The summed E-state index contributed by atoms with van der Waals surface area (Å²) < 4.78 is 5.54. The fraction of sp³-hybridized carbons (Fsp3) is 0.588. The van der Waals surface area contributed by atoms with E-state index < -0.39 is 0 Å². The Kier molecular flexibility index (Phi) is 8.46. The van der Waals surface area contributed by atoms with Crippen molar-refractivity contribution in [1.82, 2.24) is 10.6 Å². The van der Waals surface area contributed by atoms with Crippen molar-refractivity contribution >= 4 is 18.3 Å². The van der Waals surface area contributed by atoms with Crippen molar-refractivity contribution in [1.29, 1.82) is 0 Å². The number of hydrogen-bond donors (Lipinski definition) is 2. The zero-order chi connectivity index (χ0) is 15.0. The monoisotopic (exact) mass is 326 g/mol. The maximum absolute atomic E-state index is 11.8. The van der Waals surface area contributed by atoms with Crippen LogP contribution in [0.4, 0.5) is 0 Å². The number of ether oxygens (including phenoxy) is 1. The number of piperidine rings is 1. The minimum Gasteiger partial charge on any atom is -0.376 e. The molecule has 124 valence electrons. The van der Waals surface area contributed by atoms with Crippen molar-refractivity contribution in [2.45, 2.75) is 32.8 Å². The topological polar surface area (TPSA) is 50.4 Å². The van der Waals surface area contributed by atoms with E-state index >= 15 is 0 Å². The number of carbonyl (C=O) groups is 1. The summed E-state index contributed by atoms with van der Waals surface area (Å²) in [6.07, 6.45) is 2.68. The lowest BCUT2D eigenvalue weighted by molar-refractivity contribution is -0.122. The van der Waals surface area contributed by atoms with Crippen LogP contribution in [0.1, 0.15) is 31.7 Å². The van der Waals surface area contributed by atoms with E-state index in [9.17, 15) is 4.79 Å².